The maximum atomic E-state index is 12.5. The molecule has 2 rings (SSSR count). The maximum Gasteiger partial charge on any atom is 0.333 e. The van der Waals surface area contributed by atoms with E-state index in [4.69, 9.17) is 32.7 Å². The molecule has 0 atom stereocenters. The van der Waals surface area contributed by atoms with Gasteiger partial charge in [0.1, 0.15) is 5.75 Å². The monoisotopic (exact) mass is 435 g/mol. The number of hydrogen-bond acceptors (Lipinski definition) is 4. The Morgan fingerprint density at radius 2 is 1.86 bits per heavy atom. The van der Waals surface area contributed by atoms with E-state index >= 15 is 0 Å². The van der Waals surface area contributed by atoms with Gasteiger partial charge in [0.15, 0.2) is 0 Å². The van der Waals surface area contributed by atoms with Gasteiger partial charge in [-0.25, -0.2) is 4.79 Å². The van der Waals surface area contributed by atoms with Crippen LogP contribution in [0, 0.1) is 0 Å². The number of hydrogen-bond donors (Lipinski definition) is 1. The molecule has 0 saturated heterocycles. The lowest BCUT2D eigenvalue weighted by atomic mass is 10.0. The first kappa shape index (κ1) is 22.8. The zero-order valence-electron chi connectivity index (χ0n) is 16.6. The van der Waals surface area contributed by atoms with Gasteiger partial charge < -0.3 is 14.8 Å². The summed E-state index contributed by atoms with van der Waals surface area (Å²) in [4.78, 5) is 24.5. The second kappa shape index (κ2) is 10.9. The third kappa shape index (κ3) is 6.51. The molecular formula is C22H23Cl2NO4. The third-order valence-corrected chi connectivity index (χ3v) is 4.67. The minimum Gasteiger partial charge on any atom is -0.496 e. The Balaban J connectivity index is 2.23. The van der Waals surface area contributed by atoms with E-state index in [1.165, 1.54) is 0 Å². The predicted molar refractivity (Wildman–Crippen MR) is 117 cm³/mol. The molecule has 1 N–H and O–H groups in total. The summed E-state index contributed by atoms with van der Waals surface area (Å²) in [6, 6.07) is 10.3. The van der Waals surface area contributed by atoms with Crippen molar-refractivity contribution in [2.24, 2.45) is 0 Å². The number of amides is 1. The number of rotatable bonds is 8. The molecule has 5 nitrogen and oxygen atoms in total. The van der Waals surface area contributed by atoms with Crippen LogP contribution in [0.25, 0.3) is 6.08 Å². The second-order valence-electron chi connectivity index (χ2n) is 6.16. The molecule has 154 valence electrons. The van der Waals surface area contributed by atoms with E-state index in [9.17, 15) is 9.59 Å². The van der Waals surface area contributed by atoms with Crippen molar-refractivity contribution in [3.05, 3.63) is 63.1 Å². The van der Waals surface area contributed by atoms with E-state index in [0.717, 1.165) is 5.56 Å². The van der Waals surface area contributed by atoms with Crippen molar-refractivity contribution in [3.63, 3.8) is 0 Å². The van der Waals surface area contributed by atoms with Crippen LogP contribution in [0.5, 0.6) is 5.75 Å². The van der Waals surface area contributed by atoms with Crippen LogP contribution in [0.15, 0.2) is 42.0 Å². The van der Waals surface area contributed by atoms with Crippen LogP contribution in [0.4, 0.5) is 5.69 Å². The predicted octanol–water partition coefficient (Wildman–Crippen LogP) is 5.54. The third-order valence-electron chi connectivity index (χ3n) is 4.12. The molecule has 0 aliphatic rings. The van der Waals surface area contributed by atoms with E-state index in [0.29, 0.717) is 45.6 Å². The normalized spacial score (nSPS) is 11.1. The molecule has 0 radical (unpaired) electrons. The van der Waals surface area contributed by atoms with Gasteiger partial charge in [0, 0.05) is 16.2 Å². The van der Waals surface area contributed by atoms with Gasteiger partial charge in [-0.15, -0.1) is 0 Å². The Morgan fingerprint density at radius 1 is 1.10 bits per heavy atom. The van der Waals surface area contributed by atoms with Crippen LogP contribution in [0.3, 0.4) is 0 Å². The molecular weight excluding hydrogens is 413 g/mol. The quantitative estimate of drug-likeness (QED) is 0.436. The average molecular weight is 436 g/mol. The Kier molecular flexibility index (Phi) is 8.55. The van der Waals surface area contributed by atoms with Crippen LogP contribution in [-0.4, -0.2) is 25.6 Å². The second-order valence-corrected chi connectivity index (χ2v) is 7.01. The van der Waals surface area contributed by atoms with Crippen molar-refractivity contribution in [1.29, 1.82) is 0 Å². The lowest BCUT2D eigenvalue weighted by molar-refractivity contribution is -0.138. The van der Waals surface area contributed by atoms with E-state index in [-0.39, 0.29) is 18.3 Å². The maximum absolute atomic E-state index is 12.5. The number of methoxy groups -OCH3 is 1. The fourth-order valence-corrected chi connectivity index (χ4v) is 3.17. The highest BCUT2D eigenvalue weighted by atomic mass is 35.5. The molecule has 0 saturated carbocycles. The Bertz CT molecular complexity index is 925. The fourth-order valence-electron chi connectivity index (χ4n) is 2.71. The number of nitrogens with one attached hydrogen (secondary N) is 1. The largest absolute Gasteiger partial charge is 0.496 e. The van der Waals surface area contributed by atoms with Crippen molar-refractivity contribution in [2.45, 2.75) is 26.7 Å². The summed E-state index contributed by atoms with van der Waals surface area (Å²) in [7, 11) is 1.54. The fraction of sp³-hybridized carbons (Fsp3) is 0.273. The van der Waals surface area contributed by atoms with Crippen LogP contribution in [0.1, 0.15) is 31.4 Å². The van der Waals surface area contributed by atoms with Crippen LogP contribution >= 0.6 is 23.2 Å². The Labute approximate surface area is 180 Å². The van der Waals surface area contributed by atoms with Gasteiger partial charge in [-0.3, -0.25) is 4.79 Å². The van der Waals surface area contributed by atoms with Crippen molar-refractivity contribution < 1.29 is 19.1 Å². The number of esters is 1. The molecule has 7 heteroatoms. The van der Waals surface area contributed by atoms with Gasteiger partial charge >= 0.3 is 5.97 Å². The molecule has 0 heterocycles. The van der Waals surface area contributed by atoms with Gasteiger partial charge in [-0.1, -0.05) is 36.2 Å². The summed E-state index contributed by atoms with van der Waals surface area (Å²) in [5.74, 6) is -0.0223. The summed E-state index contributed by atoms with van der Waals surface area (Å²) in [6.45, 7) is 3.97. The Morgan fingerprint density at radius 3 is 2.48 bits per heavy atom. The van der Waals surface area contributed by atoms with Crippen molar-refractivity contribution >= 4 is 46.8 Å². The minimum absolute atomic E-state index is 0.0741. The SMILES string of the molecule is CCOC(=O)/C(=C/c1ccc(OC)c(CC(=O)Nc2ccc(Cl)cc2Cl)c1)CC. The van der Waals surface area contributed by atoms with Gasteiger partial charge in [-0.2, -0.15) is 0 Å². The number of anilines is 1. The first-order valence-electron chi connectivity index (χ1n) is 9.17. The summed E-state index contributed by atoms with van der Waals surface area (Å²) >= 11 is 12.0. The Hall–Kier alpha value is -2.50. The highest BCUT2D eigenvalue weighted by molar-refractivity contribution is 6.36. The number of carbonyl (C=O) groups is 2. The van der Waals surface area contributed by atoms with E-state index in [2.05, 4.69) is 5.32 Å². The van der Waals surface area contributed by atoms with Gasteiger partial charge in [-0.05, 0) is 55.3 Å². The molecule has 0 fully saturated rings. The summed E-state index contributed by atoms with van der Waals surface area (Å²) < 4.78 is 10.4. The zero-order chi connectivity index (χ0) is 21.4. The minimum atomic E-state index is -0.345. The number of carbonyl (C=O) groups excluding carboxylic acids is 2. The molecule has 29 heavy (non-hydrogen) atoms. The van der Waals surface area contributed by atoms with Crippen LogP contribution in [0.2, 0.25) is 10.0 Å². The number of benzene rings is 2. The molecule has 0 spiro atoms. The lowest BCUT2D eigenvalue weighted by Gasteiger charge is -2.12. The van der Waals surface area contributed by atoms with Gasteiger partial charge in [0.05, 0.1) is 30.8 Å². The zero-order valence-corrected chi connectivity index (χ0v) is 18.1. The highest BCUT2D eigenvalue weighted by Crippen LogP contribution is 2.27. The standard InChI is InChI=1S/C22H23Cl2NO4/c1-4-15(22(27)29-5-2)10-14-6-9-20(28-3)16(11-14)12-21(26)25-19-8-7-17(23)13-18(19)24/h6-11,13H,4-5,12H2,1-3H3,(H,25,26)/b15-10+. The van der Waals surface area contributed by atoms with Crippen LogP contribution in [-0.2, 0) is 20.7 Å². The molecule has 2 aromatic rings. The van der Waals surface area contributed by atoms with E-state index in [1.54, 1.807) is 44.4 Å². The molecule has 1 amide bonds. The lowest BCUT2D eigenvalue weighted by Crippen LogP contribution is -2.15. The number of ether oxygens (including phenoxy) is 2. The van der Waals surface area contributed by atoms with Crippen LogP contribution < -0.4 is 10.1 Å². The molecule has 2 aromatic carbocycles. The molecule has 0 aromatic heterocycles. The average Bonchev–Trinajstić information content (AvgIpc) is 2.68. The smallest absolute Gasteiger partial charge is 0.333 e. The molecule has 0 bridgehead atoms. The summed E-state index contributed by atoms with van der Waals surface area (Å²) in [5.41, 5.74) is 2.50. The first-order valence-corrected chi connectivity index (χ1v) is 9.93. The molecule has 0 aliphatic heterocycles. The van der Waals surface area contributed by atoms with E-state index < -0.39 is 0 Å². The first-order chi connectivity index (χ1) is 13.9. The van der Waals surface area contributed by atoms with Crippen molar-refractivity contribution in [1.82, 2.24) is 0 Å². The summed E-state index contributed by atoms with van der Waals surface area (Å²) in [6.07, 6.45) is 2.37. The summed E-state index contributed by atoms with van der Waals surface area (Å²) in [5, 5.41) is 3.62. The highest BCUT2D eigenvalue weighted by Gasteiger charge is 2.13. The van der Waals surface area contributed by atoms with Gasteiger partial charge in [0.2, 0.25) is 5.91 Å². The van der Waals surface area contributed by atoms with Crippen molar-refractivity contribution in [3.8, 4) is 5.75 Å². The molecule has 0 unspecified atom stereocenters. The number of halogens is 2. The van der Waals surface area contributed by atoms with Crippen molar-refractivity contribution in [2.75, 3.05) is 19.0 Å². The topological polar surface area (TPSA) is 64.6 Å². The van der Waals surface area contributed by atoms with E-state index in [1.807, 2.05) is 19.1 Å². The van der Waals surface area contributed by atoms with Gasteiger partial charge in [0.25, 0.3) is 0 Å². The molecule has 0 aliphatic carbocycles.